The Labute approximate surface area is 165 Å². The van der Waals surface area contributed by atoms with E-state index in [1.54, 1.807) is 0 Å². The molecule has 10 heteroatoms. The van der Waals surface area contributed by atoms with E-state index in [9.17, 15) is 26.8 Å². The molecule has 0 radical (unpaired) electrons. The maximum atomic E-state index is 14.1. The van der Waals surface area contributed by atoms with Crippen LogP contribution in [0.15, 0.2) is 47.4 Å². The Balaban J connectivity index is 1.76. The summed E-state index contributed by atoms with van der Waals surface area (Å²) in [5.74, 6) is -3.83. The van der Waals surface area contributed by atoms with Crippen LogP contribution in [0.1, 0.15) is 20.7 Å². The predicted molar refractivity (Wildman–Crippen MR) is 97.0 cm³/mol. The highest BCUT2D eigenvalue weighted by Crippen LogP contribution is 2.21. The van der Waals surface area contributed by atoms with E-state index >= 15 is 0 Å². The molecule has 0 atom stereocenters. The second-order valence-electron chi connectivity index (χ2n) is 6.14. The third kappa shape index (κ3) is 4.66. The van der Waals surface area contributed by atoms with Crippen molar-refractivity contribution < 1.29 is 36.3 Å². The lowest BCUT2D eigenvalue weighted by Crippen LogP contribution is -2.40. The second-order valence-corrected chi connectivity index (χ2v) is 8.08. The summed E-state index contributed by atoms with van der Waals surface area (Å²) in [6.07, 6.45) is 0. The van der Waals surface area contributed by atoms with Crippen LogP contribution in [0.3, 0.4) is 0 Å². The number of hydrogen-bond donors (Lipinski definition) is 0. The zero-order chi connectivity index (χ0) is 21.0. The first kappa shape index (κ1) is 21.0. The number of carbonyl (C=O) groups excluding carboxylic acids is 2. The number of morpholine rings is 1. The molecule has 1 heterocycles. The molecular weight excluding hydrogens is 408 g/mol. The van der Waals surface area contributed by atoms with Crippen LogP contribution in [0, 0.1) is 11.6 Å². The summed E-state index contributed by atoms with van der Waals surface area (Å²) in [5.41, 5.74) is -0.912. The number of Topliss-reactive ketones (excluding diaryl/α,β-unsaturated/α-hetero) is 1. The molecule has 7 nitrogen and oxygen atoms in total. The van der Waals surface area contributed by atoms with Crippen molar-refractivity contribution >= 4 is 21.8 Å². The van der Waals surface area contributed by atoms with E-state index in [0.717, 1.165) is 24.3 Å². The first-order valence-corrected chi connectivity index (χ1v) is 10.1. The lowest BCUT2D eigenvalue weighted by molar-refractivity contribution is 0.0468. The molecule has 3 rings (SSSR count). The van der Waals surface area contributed by atoms with Crippen molar-refractivity contribution in [2.24, 2.45) is 0 Å². The quantitative estimate of drug-likeness (QED) is 0.520. The Kier molecular flexibility index (Phi) is 6.36. The third-order valence-corrected chi connectivity index (χ3v) is 6.17. The molecule has 1 fully saturated rings. The van der Waals surface area contributed by atoms with Gasteiger partial charge in [-0.1, -0.05) is 12.1 Å². The molecule has 29 heavy (non-hydrogen) atoms. The molecule has 1 aliphatic heterocycles. The molecule has 0 bridgehead atoms. The summed E-state index contributed by atoms with van der Waals surface area (Å²) in [5, 5.41) is 0. The summed E-state index contributed by atoms with van der Waals surface area (Å²) in [6.45, 7) is -0.0894. The Morgan fingerprint density at radius 3 is 2.34 bits per heavy atom. The Hall–Kier alpha value is -2.69. The number of ether oxygens (including phenoxy) is 2. The van der Waals surface area contributed by atoms with Gasteiger partial charge in [0.15, 0.2) is 6.61 Å². The monoisotopic (exact) mass is 425 g/mol. The van der Waals surface area contributed by atoms with Gasteiger partial charge in [-0.25, -0.2) is 22.0 Å². The predicted octanol–water partition coefficient (Wildman–Crippen LogP) is 2.03. The minimum atomic E-state index is -3.95. The van der Waals surface area contributed by atoms with Gasteiger partial charge in [-0.05, 0) is 30.3 Å². The van der Waals surface area contributed by atoms with Crippen LogP contribution >= 0.6 is 0 Å². The van der Waals surface area contributed by atoms with E-state index in [0.29, 0.717) is 0 Å². The van der Waals surface area contributed by atoms with E-state index in [-0.39, 0.29) is 36.8 Å². The molecule has 2 aromatic carbocycles. The normalized spacial score (nSPS) is 15.1. The van der Waals surface area contributed by atoms with E-state index in [1.807, 2.05) is 0 Å². The van der Waals surface area contributed by atoms with Crippen LogP contribution < -0.4 is 0 Å². The average molecular weight is 425 g/mol. The van der Waals surface area contributed by atoms with Crippen LogP contribution in [0.5, 0.6) is 0 Å². The SMILES string of the molecule is O=C(COC(=O)c1cc(S(=O)(=O)N2CCOCC2)ccc1F)c1ccccc1F. The Morgan fingerprint density at radius 1 is 1.00 bits per heavy atom. The fourth-order valence-corrected chi connectivity index (χ4v) is 4.17. The number of esters is 1. The summed E-state index contributed by atoms with van der Waals surface area (Å²) in [4.78, 5) is 23.9. The molecule has 0 aliphatic carbocycles. The molecule has 1 saturated heterocycles. The lowest BCUT2D eigenvalue weighted by atomic mass is 10.1. The molecule has 0 spiro atoms. The number of sulfonamides is 1. The van der Waals surface area contributed by atoms with Gasteiger partial charge < -0.3 is 9.47 Å². The van der Waals surface area contributed by atoms with Gasteiger partial charge in [0.25, 0.3) is 0 Å². The van der Waals surface area contributed by atoms with Crippen molar-refractivity contribution in [3.05, 3.63) is 65.2 Å². The van der Waals surface area contributed by atoms with Gasteiger partial charge in [-0.15, -0.1) is 0 Å². The number of hydrogen-bond acceptors (Lipinski definition) is 6. The fraction of sp³-hybridized carbons (Fsp3) is 0.263. The van der Waals surface area contributed by atoms with Crippen LogP contribution in [-0.4, -0.2) is 57.4 Å². The zero-order valence-corrected chi connectivity index (χ0v) is 16.0. The molecule has 0 amide bonds. The van der Waals surface area contributed by atoms with Gasteiger partial charge in [0.05, 0.1) is 29.2 Å². The molecule has 0 unspecified atom stereocenters. The smallest absolute Gasteiger partial charge is 0.341 e. The van der Waals surface area contributed by atoms with Crippen LogP contribution in [-0.2, 0) is 19.5 Å². The maximum absolute atomic E-state index is 14.1. The van der Waals surface area contributed by atoms with Gasteiger partial charge in [-0.3, -0.25) is 4.79 Å². The van der Waals surface area contributed by atoms with Crippen molar-refractivity contribution in [2.75, 3.05) is 32.9 Å². The van der Waals surface area contributed by atoms with Crippen LogP contribution in [0.2, 0.25) is 0 Å². The molecule has 154 valence electrons. The number of nitrogens with zero attached hydrogens (tertiary/aromatic N) is 1. The third-order valence-electron chi connectivity index (χ3n) is 4.27. The minimum absolute atomic E-state index is 0.136. The summed E-state index contributed by atoms with van der Waals surface area (Å²) < 4.78 is 64.1. The minimum Gasteiger partial charge on any atom is -0.454 e. The zero-order valence-electron chi connectivity index (χ0n) is 15.1. The molecule has 1 aliphatic rings. The van der Waals surface area contributed by atoms with Gasteiger partial charge in [0.1, 0.15) is 11.6 Å². The molecule has 0 N–H and O–H groups in total. The molecule has 0 saturated carbocycles. The highest BCUT2D eigenvalue weighted by molar-refractivity contribution is 7.89. The summed E-state index contributed by atoms with van der Waals surface area (Å²) >= 11 is 0. The van der Waals surface area contributed by atoms with Crippen molar-refractivity contribution in [3.8, 4) is 0 Å². The van der Waals surface area contributed by atoms with Gasteiger partial charge in [0.2, 0.25) is 15.8 Å². The number of ketones is 1. The first-order valence-electron chi connectivity index (χ1n) is 8.63. The van der Waals surface area contributed by atoms with Crippen molar-refractivity contribution in [3.63, 3.8) is 0 Å². The molecule has 2 aromatic rings. The fourth-order valence-electron chi connectivity index (χ4n) is 2.73. The van der Waals surface area contributed by atoms with Gasteiger partial charge in [-0.2, -0.15) is 4.31 Å². The van der Waals surface area contributed by atoms with E-state index in [4.69, 9.17) is 9.47 Å². The maximum Gasteiger partial charge on any atom is 0.341 e. The Bertz CT molecular complexity index is 1030. The second kappa shape index (κ2) is 8.76. The van der Waals surface area contributed by atoms with E-state index < -0.39 is 45.6 Å². The topological polar surface area (TPSA) is 90.0 Å². The first-order chi connectivity index (χ1) is 13.8. The van der Waals surface area contributed by atoms with Crippen molar-refractivity contribution in [1.29, 1.82) is 0 Å². The highest BCUT2D eigenvalue weighted by Gasteiger charge is 2.28. The van der Waals surface area contributed by atoms with Crippen LogP contribution in [0.25, 0.3) is 0 Å². The van der Waals surface area contributed by atoms with Crippen LogP contribution in [0.4, 0.5) is 8.78 Å². The van der Waals surface area contributed by atoms with Crippen molar-refractivity contribution in [2.45, 2.75) is 4.90 Å². The number of rotatable bonds is 6. The highest BCUT2D eigenvalue weighted by atomic mass is 32.2. The number of carbonyl (C=O) groups is 2. The van der Waals surface area contributed by atoms with Gasteiger partial charge >= 0.3 is 5.97 Å². The van der Waals surface area contributed by atoms with E-state index in [1.165, 1.54) is 22.5 Å². The van der Waals surface area contributed by atoms with E-state index in [2.05, 4.69) is 0 Å². The average Bonchev–Trinajstić information content (AvgIpc) is 2.73. The lowest BCUT2D eigenvalue weighted by Gasteiger charge is -2.26. The number of benzene rings is 2. The summed E-state index contributed by atoms with van der Waals surface area (Å²) in [6, 6.07) is 7.88. The largest absolute Gasteiger partial charge is 0.454 e. The molecule has 0 aromatic heterocycles. The summed E-state index contributed by atoms with van der Waals surface area (Å²) in [7, 11) is -3.95. The standard InChI is InChI=1S/C19H17F2NO6S/c20-16-4-2-1-3-14(16)18(23)12-28-19(24)15-11-13(5-6-17(15)21)29(25,26)22-7-9-27-10-8-22/h1-6,11H,7-10,12H2. The molecular formula is C19H17F2NO6S. The van der Waals surface area contributed by atoms with Gasteiger partial charge in [0, 0.05) is 13.1 Å². The van der Waals surface area contributed by atoms with Crippen molar-refractivity contribution in [1.82, 2.24) is 4.31 Å². The Morgan fingerprint density at radius 2 is 1.66 bits per heavy atom. The number of halogens is 2.